The molecule has 2 atom stereocenters. The number of halogens is 1. The fourth-order valence-corrected chi connectivity index (χ4v) is 4.92. The van der Waals surface area contributed by atoms with Gasteiger partial charge in [-0.25, -0.2) is 0 Å². The van der Waals surface area contributed by atoms with Crippen molar-refractivity contribution in [2.75, 3.05) is 13.1 Å². The predicted octanol–water partition coefficient (Wildman–Crippen LogP) is 4.60. The summed E-state index contributed by atoms with van der Waals surface area (Å²) < 4.78 is 0. The van der Waals surface area contributed by atoms with Crippen LogP contribution in [-0.4, -0.2) is 57.9 Å². The van der Waals surface area contributed by atoms with Crippen LogP contribution < -0.4 is 5.32 Å². The summed E-state index contributed by atoms with van der Waals surface area (Å²) in [6, 6.07) is 19.7. The van der Waals surface area contributed by atoms with Crippen LogP contribution in [0.5, 0.6) is 0 Å². The molecule has 3 aromatic rings. The Hall–Kier alpha value is -4.17. The van der Waals surface area contributed by atoms with Crippen LogP contribution in [0.25, 0.3) is 0 Å². The third-order valence-corrected chi connectivity index (χ3v) is 6.89. The van der Waals surface area contributed by atoms with Crippen molar-refractivity contribution in [3.05, 3.63) is 106 Å². The minimum Gasteiger partial charge on any atom is -0.481 e. The number of amides is 3. The standard InChI is InChI=1S/C30H30ClN3O5/c1-19-6-3-8-22(16-19)25(18-26(35)36)32-27(37)28-33(29(38)21-10-12-24(31)13-11-21)14-5-15-34(28)30(39)23-9-4-7-20(2)17-23/h3-4,6-13,16-17,25,28H,5,14-15,18H2,1-2H3,(H,32,37)(H,35,36). The highest BCUT2D eigenvalue weighted by molar-refractivity contribution is 6.30. The SMILES string of the molecule is Cc1cccc(C(=O)N2CCCN(C(=O)c3ccc(Cl)cc3)C2C(=O)NC(CC(=O)O)c2cccc(C)c2)c1. The zero-order valence-corrected chi connectivity index (χ0v) is 22.5. The number of nitrogens with one attached hydrogen (secondary N) is 1. The van der Waals surface area contributed by atoms with Gasteiger partial charge in [0, 0.05) is 29.2 Å². The Morgan fingerprint density at radius 1 is 0.872 bits per heavy atom. The van der Waals surface area contributed by atoms with Gasteiger partial charge < -0.3 is 20.2 Å². The van der Waals surface area contributed by atoms with E-state index in [0.717, 1.165) is 11.1 Å². The van der Waals surface area contributed by atoms with E-state index < -0.39 is 35.9 Å². The van der Waals surface area contributed by atoms with Crippen LogP contribution in [0.15, 0.2) is 72.8 Å². The highest BCUT2D eigenvalue weighted by Gasteiger charge is 2.41. The van der Waals surface area contributed by atoms with Crippen molar-refractivity contribution in [3.8, 4) is 0 Å². The van der Waals surface area contributed by atoms with E-state index in [1.807, 2.05) is 26.0 Å². The Morgan fingerprint density at radius 3 is 2.05 bits per heavy atom. The molecule has 202 valence electrons. The summed E-state index contributed by atoms with van der Waals surface area (Å²) in [5.74, 6) is -2.55. The fourth-order valence-electron chi connectivity index (χ4n) is 4.79. The van der Waals surface area contributed by atoms with E-state index in [0.29, 0.717) is 28.1 Å². The van der Waals surface area contributed by atoms with Gasteiger partial charge in [-0.15, -0.1) is 0 Å². The van der Waals surface area contributed by atoms with Crippen molar-refractivity contribution in [3.63, 3.8) is 0 Å². The van der Waals surface area contributed by atoms with Gasteiger partial charge in [-0.3, -0.25) is 19.2 Å². The molecule has 8 nitrogen and oxygen atoms in total. The molecule has 1 saturated heterocycles. The van der Waals surface area contributed by atoms with E-state index in [1.165, 1.54) is 9.80 Å². The van der Waals surface area contributed by atoms with Crippen LogP contribution in [0.1, 0.15) is 56.3 Å². The summed E-state index contributed by atoms with van der Waals surface area (Å²) in [6.07, 6.45) is -1.17. The first-order valence-electron chi connectivity index (χ1n) is 12.7. The van der Waals surface area contributed by atoms with Crippen molar-refractivity contribution in [2.45, 2.75) is 38.9 Å². The molecule has 3 aromatic carbocycles. The molecule has 1 fully saturated rings. The van der Waals surface area contributed by atoms with E-state index in [9.17, 15) is 24.3 Å². The summed E-state index contributed by atoms with van der Waals surface area (Å²) in [4.78, 5) is 55.7. The lowest BCUT2D eigenvalue weighted by Crippen LogP contribution is -2.63. The smallest absolute Gasteiger partial charge is 0.305 e. The normalized spacial score (nSPS) is 15.9. The minimum atomic E-state index is -1.28. The van der Waals surface area contributed by atoms with Crippen molar-refractivity contribution >= 4 is 35.3 Å². The minimum absolute atomic E-state index is 0.241. The van der Waals surface area contributed by atoms with Crippen LogP contribution >= 0.6 is 11.6 Å². The molecule has 1 heterocycles. The second-order valence-electron chi connectivity index (χ2n) is 9.67. The van der Waals surface area contributed by atoms with Gasteiger partial charge in [0.1, 0.15) is 0 Å². The first kappa shape index (κ1) is 27.9. The monoisotopic (exact) mass is 547 g/mol. The van der Waals surface area contributed by atoms with E-state index in [1.54, 1.807) is 60.7 Å². The zero-order chi connectivity index (χ0) is 28.1. The van der Waals surface area contributed by atoms with Crippen molar-refractivity contribution in [1.82, 2.24) is 15.1 Å². The third-order valence-electron chi connectivity index (χ3n) is 6.64. The largest absolute Gasteiger partial charge is 0.481 e. The molecular formula is C30H30ClN3O5. The molecule has 4 rings (SSSR count). The number of carboxylic acids is 1. The molecule has 39 heavy (non-hydrogen) atoms. The maximum absolute atomic E-state index is 13.9. The third kappa shape index (κ3) is 6.64. The van der Waals surface area contributed by atoms with Crippen LogP contribution in [-0.2, 0) is 9.59 Å². The summed E-state index contributed by atoms with van der Waals surface area (Å²) in [5, 5.41) is 12.9. The van der Waals surface area contributed by atoms with Gasteiger partial charge in [0.25, 0.3) is 17.7 Å². The van der Waals surface area contributed by atoms with E-state index >= 15 is 0 Å². The summed E-state index contributed by atoms with van der Waals surface area (Å²) in [7, 11) is 0. The lowest BCUT2D eigenvalue weighted by Gasteiger charge is -2.43. The quantitative estimate of drug-likeness (QED) is 0.449. The first-order chi connectivity index (χ1) is 18.6. The van der Waals surface area contributed by atoms with Gasteiger partial charge in [-0.2, -0.15) is 0 Å². The molecule has 0 aromatic heterocycles. The lowest BCUT2D eigenvalue weighted by atomic mass is 10.0. The topological polar surface area (TPSA) is 107 Å². The van der Waals surface area contributed by atoms with Crippen LogP contribution in [0.2, 0.25) is 5.02 Å². The molecule has 0 spiro atoms. The van der Waals surface area contributed by atoms with Crippen LogP contribution in [0.4, 0.5) is 0 Å². The highest BCUT2D eigenvalue weighted by atomic mass is 35.5. The van der Waals surface area contributed by atoms with Gasteiger partial charge in [0.15, 0.2) is 6.17 Å². The summed E-state index contributed by atoms with van der Waals surface area (Å²) in [5.41, 5.74) is 3.13. The van der Waals surface area contributed by atoms with Crippen molar-refractivity contribution in [2.24, 2.45) is 0 Å². The van der Waals surface area contributed by atoms with Gasteiger partial charge in [-0.1, -0.05) is 59.1 Å². The second-order valence-corrected chi connectivity index (χ2v) is 10.1. The van der Waals surface area contributed by atoms with Gasteiger partial charge in [-0.05, 0) is 62.2 Å². The molecule has 1 aliphatic heterocycles. The molecular weight excluding hydrogens is 518 g/mol. The molecule has 0 radical (unpaired) electrons. The Bertz CT molecular complexity index is 1390. The molecule has 0 bridgehead atoms. The Balaban J connectivity index is 1.72. The van der Waals surface area contributed by atoms with Crippen molar-refractivity contribution in [1.29, 1.82) is 0 Å². The van der Waals surface area contributed by atoms with Crippen molar-refractivity contribution < 1.29 is 24.3 Å². The maximum Gasteiger partial charge on any atom is 0.305 e. The fraction of sp³-hybridized carbons (Fsp3) is 0.267. The molecule has 0 saturated carbocycles. The van der Waals surface area contributed by atoms with Gasteiger partial charge in [0.2, 0.25) is 0 Å². The molecule has 9 heteroatoms. The van der Waals surface area contributed by atoms with Gasteiger partial charge in [0.05, 0.1) is 12.5 Å². The summed E-state index contributed by atoms with van der Waals surface area (Å²) in [6.45, 7) is 4.24. The molecule has 3 amide bonds. The average Bonchev–Trinajstić information content (AvgIpc) is 2.91. The average molecular weight is 548 g/mol. The van der Waals surface area contributed by atoms with Crippen LogP contribution in [0.3, 0.4) is 0 Å². The first-order valence-corrected chi connectivity index (χ1v) is 13.0. The molecule has 0 aliphatic carbocycles. The van der Waals surface area contributed by atoms with E-state index in [4.69, 9.17) is 11.6 Å². The zero-order valence-electron chi connectivity index (χ0n) is 21.8. The Kier molecular flexibility index (Phi) is 8.66. The molecule has 2 N–H and O–H groups in total. The number of benzene rings is 3. The lowest BCUT2D eigenvalue weighted by molar-refractivity contribution is -0.138. The summed E-state index contributed by atoms with van der Waals surface area (Å²) >= 11 is 6.00. The maximum atomic E-state index is 13.9. The van der Waals surface area contributed by atoms with E-state index in [2.05, 4.69) is 5.32 Å². The predicted molar refractivity (Wildman–Crippen MR) is 147 cm³/mol. The van der Waals surface area contributed by atoms with E-state index in [-0.39, 0.29) is 19.5 Å². The number of hydrogen-bond acceptors (Lipinski definition) is 4. The number of aryl methyl sites for hydroxylation is 2. The number of carbonyl (C=O) groups excluding carboxylic acids is 3. The number of hydrogen-bond donors (Lipinski definition) is 2. The van der Waals surface area contributed by atoms with Gasteiger partial charge >= 0.3 is 5.97 Å². The molecule has 2 unspecified atom stereocenters. The number of carboxylic acid groups (broad SMARTS) is 1. The molecule has 1 aliphatic rings. The second kappa shape index (κ2) is 12.1. The number of aliphatic carboxylic acids is 1. The van der Waals surface area contributed by atoms with Crippen LogP contribution in [0, 0.1) is 13.8 Å². The number of rotatable bonds is 7. The Labute approximate surface area is 232 Å². The number of carbonyl (C=O) groups is 4. The number of nitrogens with zero attached hydrogens (tertiary/aromatic N) is 2. The highest BCUT2D eigenvalue weighted by Crippen LogP contribution is 2.24. The Morgan fingerprint density at radius 2 is 1.46 bits per heavy atom.